The van der Waals surface area contributed by atoms with Gasteiger partial charge in [0.25, 0.3) is 0 Å². The summed E-state index contributed by atoms with van der Waals surface area (Å²) in [6.45, 7) is 5.55. The molecule has 1 aliphatic carbocycles. The van der Waals surface area contributed by atoms with Gasteiger partial charge < -0.3 is 28.7 Å². The van der Waals surface area contributed by atoms with Crippen LogP contribution in [0.3, 0.4) is 0 Å². The fourth-order valence-electron chi connectivity index (χ4n) is 5.25. The minimum absolute atomic E-state index is 0.586. The molecule has 2 aromatic rings. The van der Waals surface area contributed by atoms with Crippen LogP contribution in [0.25, 0.3) is 0 Å². The molecular weight excluding hydrogens is 416 g/mol. The van der Waals surface area contributed by atoms with E-state index in [4.69, 9.17) is 18.9 Å². The van der Waals surface area contributed by atoms with Crippen LogP contribution in [0.1, 0.15) is 34.6 Å². The predicted octanol–water partition coefficient (Wildman–Crippen LogP) is 3.78. The van der Waals surface area contributed by atoms with Gasteiger partial charge in [-0.3, -0.25) is 0 Å². The molecular formula is C27H38N2O4. The van der Waals surface area contributed by atoms with Gasteiger partial charge in [0.05, 0.1) is 28.4 Å². The minimum Gasteiger partial charge on any atom is -0.493 e. The average molecular weight is 455 g/mol. The van der Waals surface area contributed by atoms with Crippen molar-refractivity contribution in [2.24, 2.45) is 0 Å². The van der Waals surface area contributed by atoms with Crippen molar-refractivity contribution in [1.29, 1.82) is 0 Å². The first kappa shape index (κ1) is 23.7. The highest BCUT2D eigenvalue weighted by molar-refractivity contribution is 5.53. The smallest absolute Gasteiger partial charge is 0.161 e. The van der Waals surface area contributed by atoms with E-state index >= 15 is 0 Å². The zero-order chi connectivity index (χ0) is 23.4. The third kappa shape index (κ3) is 5.22. The number of benzene rings is 2. The average Bonchev–Trinajstić information content (AvgIpc) is 3.03. The lowest BCUT2D eigenvalue weighted by molar-refractivity contribution is 0.243. The molecule has 0 unspecified atom stereocenters. The van der Waals surface area contributed by atoms with Gasteiger partial charge in [-0.05, 0) is 92.3 Å². The maximum atomic E-state index is 5.50. The highest BCUT2D eigenvalue weighted by Gasteiger charge is 2.29. The van der Waals surface area contributed by atoms with E-state index in [0.717, 1.165) is 75.0 Å². The van der Waals surface area contributed by atoms with Gasteiger partial charge in [-0.15, -0.1) is 0 Å². The minimum atomic E-state index is 0.586. The van der Waals surface area contributed by atoms with Crippen molar-refractivity contribution in [3.63, 3.8) is 0 Å². The molecule has 1 heterocycles. The predicted molar refractivity (Wildman–Crippen MR) is 131 cm³/mol. The van der Waals surface area contributed by atoms with Gasteiger partial charge in [-0.1, -0.05) is 0 Å². The first-order valence-corrected chi connectivity index (χ1v) is 12.0. The van der Waals surface area contributed by atoms with E-state index in [1.807, 2.05) is 0 Å². The van der Waals surface area contributed by atoms with Crippen LogP contribution in [0, 0.1) is 0 Å². The molecule has 2 aromatic carbocycles. The lowest BCUT2D eigenvalue weighted by Gasteiger charge is -2.34. The Bertz CT molecular complexity index is 927. The van der Waals surface area contributed by atoms with Gasteiger partial charge in [0.1, 0.15) is 0 Å². The molecule has 0 N–H and O–H groups in total. The Hall–Kier alpha value is -2.44. The zero-order valence-electron chi connectivity index (χ0n) is 20.8. The number of hydrogen-bond acceptors (Lipinski definition) is 6. The number of methoxy groups -OCH3 is 4. The summed E-state index contributed by atoms with van der Waals surface area (Å²) in [6.07, 6.45) is 4.44. The maximum absolute atomic E-state index is 5.50. The summed E-state index contributed by atoms with van der Waals surface area (Å²) in [4.78, 5) is 5.08. The monoisotopic (exact) mass is 454 g/mol. The molecule has 4 rings (SSSR count). The summed E-state index contributed by atoms with van der Waals surface area (Å²) in [7, 11) is 9.07. The van der Waals surface area contributed by atoms with Gasteiger partial charge in [0.15, 0.2) is 23.0 Å². The van der Waals surface area contributed by atoms with Crippen LogP contribution < -0.4 is 18.9 Å². The second-order valence-electron chi connectivity index (χ2n) is 9.24. The van der Waals surface area contributed by atoms with Crippen LogP contribution in [-0.2, 0) is 19.3 Å². The summed E-state index contributed by atoms with van der Waals surface area (Å²) in [5.74, 6) is 3.92. The van der Waals surface area contributed by atoms with E-state index in [1.165, 1.54) is 28.7 Å². The van der Waals surface area contributed by atoms with Gasteiger partial charge in [-0.25, -0.2) is 0 Å². The summed E-state index contributed by atoms with van der Waals surface area (Å²) in [6, 6.07) is 8.61. The van der Waals surface area contributed by atoms with Gasteiger partial charge in [0.2, 0.25) is 0 Å². The molecule has 2 aliphatic rings. The molecule has 0 saturated carbocycles. The quantitative estimate of drug-likeness (QED) is 0.544. The molecule has 6 heteroatoms. The van der Waals surface area contributed by atoms with Gasteiger partial charge >= 0.3 is 0 Å². The van der Waals surface area contributed by atoms with E-state index in [1.54, 1.807) is 28.4 Å². The molecule has 0 amide bonds. The van der Waals surface area contributed by atoms with Crippen molar-refractivity contribution in [1.82, 2.24) is 9.80 Å². The first-order chi connectivity index (χ1) is 16.1. The maximum Gasteiger partial charge on any atom is 0.161 e. The molecule has 0 aromatic heterocycles. The van der Waals surface area contributed by atoms with Crippen molar-refractivity contribution < 1.29 is 18.9 Å². The number of likely N-dealkylation sites (N-methyl/N-ethyl adjacent to an activating group) is 1. The summed E-state index contributed by atoms with van der Waals surface area (Å²) >= 11 is 0. The number of rotatable bonds is 10. The highest BCUT2D eigenvalue weighted by Crippen LogP contribution is 2.42. The summed E-state index contributed by atoms with van der Waals surface area (Å²) < 4.78 is 21.9. The lowest BCUT2D eigenvalue weighted by atomic mass is 9.77. The van der Waals surface area contributed by atoms with Crippen LogP contribution in [0.15, 0.2) is 24.3 Å². The van der Waals surface area contributed by atoms with E-state index < -0.39 is 0 Å². The number of ether oxygens (including phenoxy) is 4. The van der Waals surface area contributed by atoms with Crippen LogP contribution in [0.2, 0.25) is 0 Å². The molecule has 180 valence electrons. The van der Waals surface area contributed by atoms with Crippen molar-refractivity contribution in [3.05, 3.63) is 46.5 Å². The molecule has 0 saturated heterocycles. The lowest BCUT2D eigenvalue weighted by Crippen LogP contribution is -2.34. The van der Waals surface area contributed by atoms with Crippen LogP contribution in [-0.4, -0.2) is 78.0 Å². The Kier molecular flexibility index (Phi) is 7.66. The molecule has 1 atom stereocenters. The summed E-state index contributed by atoms with van der Waals surface area (Å²) in [5, 5.41) is 0. The normalized spacial score (nSPS) is 17.6. The Balaban J connectivity index is 1.24. The second kappa shape index (κ2) is 10.7. The highest BCUT2D eigenvalue weighted by atomic mass is 16.5. The number of nitrogens with zero attached hydrogens (tertiary/aromatic N) is 2. The van der Waals surface area contributed by atoms with Crippen LogP contribution in [0.4, 0.5) is 0 Å². The van der Waals surface area contributed by atoms with Crippen LogP contribution in [0.5, 0.6) is 23.0 Å². The fraction of sp³-hybridized carbons (Fsp3) is 0.556. The van der Waals surface area contributed by atoms with Crippen molar-refractivity contribution in [2.45, 2.75) is 31.6 Å². The summed E-state index contributed by atoms with van der Waals surface area (Å²) in [5.41, 5.74) is 5.59. The topological polar surface area (TPSA) is 43.4 Å². The molecule has 6 nitrogen and oxygen atoms in total. The van der Waals surface area contributed by atoms with E-state index in [0.29, 0.717) is 5.92 Å². The fourth-order valence-corrected chi connectivity index (χ4v) is 5.25. The SMILES string of the molecule is COc1cc2c(cc1OC)CCN(CCCN(C)C[C@H]1Cc3cc(OC)c(OC)cc31)CC2. The van der Waals surface area contributed by atoms with Crippen molar-refractivity contribution in [3.8, 4) is 23.0 Å². The van der Waals surface area contributed by atoms with Gasteiger partial charge in [-0.2, -0.15) is 0 Å². The molecule has 0 radical (unpaired) electrons. The Morgan fingerprint density at radius 3 is 1.85 bits per heavy atom. The third-order valence-corrected chi connectivity index (χ3v) is 7.20. The molecule has 0 fully saturated rings. The van der Waals surface area contributed by atoms with Crippen molar-refractivity contribution in [2.75, 3.05) is 68.2 Å². The van der Waals surface area contributed by atoms with E-state index in [-0.39, 0.29) is 0 Å². The molecule has 0 bridgehead atoms. The first-order valence-electron chi connectivity index (χ1n) is 12.0. The van der Waals surface area contributed by atoms with E-state index in [9.17, 15) is 0 Å². The van der Waals surface area contributed by atoms with Crippen molar-refractivity contribution >= 4 is 0 Å². The third-order valence-electron chi connectivity index (χ3n) is 7.20. The number of hydrogen-bond donors (Lipinski definition) is 0. The standard InChI is InChI=1S/C27H38N2O4/c1-28(18-22-13-21-16-26(32-4)27(33-5)17-23(21)22)9-6-10-29-11-7-19-14-24(30-2)25(31-3)15-20(19)8-12-29/h14-17,22H,6-13,18H2,1-5H3/t22-/m1/s1. The molecule has 1 aliphatic heterocycles. The number of fused-ring (bicyclic) bond motifs is 2. The second-order valence-corrected chi connectivity index (χ2v) is 9.24. The Morgan fingerprint density at radius 1 is 0.788 bits per heavy atom. The van der Waals surface area contributed by atoms with Crippen LogP contribution >= 0.6 is 0 Å². The molecule has 0 spiro atoms. The molecule has 33 heavy (non-hydrogen) atoms. The van der Waals surface area contributed by atoms with Gasteiger partial charge in [0, 0.05) is 25.6 Å². The largest absolute Gasteiger partial charge is 0.493 e. The zero-order valence-corrected chi connectivity index (χ0v) is 20.8. The Morgan fingerprint density at radius 2 is 1.30 bits per heavy atom. The van der Waals surface area contributed by atoms with E-state index in [2.05, 4.69) is 41.1 Å². The Labute approximate surface area is 198 Å².